The lowest BCUT2D eigenvalue weighted by molar-refractivity contribution is 0.354. The van der Waals surface area contributed by atoms with E-state index >= 15 is 0 Å². The van der Waals surface area contributed by atoms with Gasteiger partial charge in [0, 0.05) is 33.7 Å². The average molecular weight is 353 g/mol. The highest BCUT2D eigenvalue weighted by atomic mass is 79.9. The predicted molar refractivity (Wildman–Crippen MR) is 86.9 cm³/mol. The minimum absolute atomic E-state index is 0.725. The molecule has 1 aliphatic rings. The summed E-state index contributed by atoms with van der Waals surface area (Å²) in [5.41, 5.74) is 4.58. The summed E-state index contributed by atoms with van der Waals surface area (Å²) in [6, 6.07) is 10.1. The molecule has 2 aromatic rings. The van der Waals surface area contributed by atoms with Crippen molar-refractivity contribution in [2.45, 2.75) is 19.9 Å². The molecule has 0 fully saturated rings. The third kappa shape index (κ3) is 2.65. The van der Waals surface area contributed by atoms with Crippen molar-refractivity contribution in [2.24, 2.45) is 0 Å². The van der Waals surface area contributed by atoms with Crippen molar-refractivity contribution in [2.75, 3.05) is 11.9 Å². The van der Waals surface area contributed by atoms with Crippen LogP contribution in [0.15, 0.2) is 34.8 Å². The van der Waals surface area contributed by atoms with Crippen molar-refractivity contribution in [3.05, 3.63) is 56.5 Å². The molecule has 0 atom stereocenters. The maximum absolute atomic E-state index is 6.14. The summed E-state index contributed by atoms with van der Waals surface area (Å²) in [6.45, 7) is 3.52. The van der Waals surface area contributed by atoms with E-state index in [0.717, 1.165) is 46.1 Å². The van der Waals surface area contributed by atoms with E-state index < -0.39 is 0 Å². The van der Waals surface area contributed by atoms with E-state index in [2.05, 4.69) is 33.4 Å². The van der Waals surface area contributed by atoms with Gasteiger partial charge in [0.2, 0.25) is 0 Å². The van der Waals surface area contributed by atoms with E-state index in [9.17, 15) is 0 Å². The van der Waals surface area contributed by atoms with E-state index in [1.165, 1.54) is 11.1 Å². The zero-order chi connectivity index (χ0) is 14.1. The van der Waals surface area contributed by atoms with Gasteiger partial charge in [-0.1, -0.05) is 33.6 Å². The van der Waals surface area contributed by atoms with Gasteiger partial charge in [-0.2, -0.15) is 0 Å². The Morgan fingerprint density at radius 2 is 2.20 bits per heavy atom. The molecule has 0 aromatic heterocycles. The lowest BCUT2D eigenvalue weighted by Crippen LogP contribution is -2.03. The second-order valence-electron chi connectivity index (χ2n) is 4.92. The lowest BCUT2D eigenvalue weighted by Gasteiger charge is -2.13. The highest BCUT2D eigenvalue weighted by molar-refractivity contribution is 9.10. The molecule has 104 valence electrons. The van der Waals surface area contributed by atoms with E-state index in [1.54, 1.807) is 0 Å². The van der Waals surface area contributed by atoms with Gasteiger partial charge in [-0.05, 0) is 42.3 Å². The first-order chi connectivity index (χ1) is 9.65. The Kier molecular flexibility index (Phi) is 3.90. The number of ether oxygens (including phenoxy) is 1. The van der Waals surface area contributed by atoms with Gasteiger partial charge in [0.1, 0.15) is 5.75 Å². The minimum Gasteiger partial charge on any atom is -0.493 e. The first-order valence-corrected chi connectivity index (χ1v) is 7.75. The number of rotatable bonds is 3. The molecule has 0 spiro atoms. The molecular weight excluding hydrogens is 338 g/mol. The largest absolute Gasteiger partial charge is 0.493 e. The van der Waals surface area contributed by atoms with E-state index in [0.29, 0.717) is 0 Å². The summed E-state index contributed by atoms with van der Waals surface area (Å²) in [5.74, 6) is 1.03. The number of nitrogens with one attached hydrogen (secondary N) is 1. The lowest BCUT2D eigenvalue weighted by atomic mass is 10.1. The van der Waals surface area contributed by atoms with Gasteiger partial charge in [0.05, 0.1) is 6.61 Å². The summed E-state index contributed by atoms with van der Waals surface area (Å²) in [5, 5.41) is 4.22. The minimum atomic E-state index is 0.725. The van der Waals surface area contributed by atoms with Crippen molar-refractivity contribution >= 4 is 33.2 Å². The average Bonchev–Trinajstić information content (AvgIpc) is 2.88. The van der Waals surface area contributed by atoms with Crippen LogP contribution >= 0.6 is 27.5 Å². The Labute approximate surface area is 132 Å². The summed E-state index contributed by atoms with van der Waals surface area (Å²) >= 11 is 9.71. The maximum atomic E-state index is 6.14. The molecule has 2 nitrogen and oxygen atoms in total. The van der Waals surface area contributed by atoms with Gasteiger partial charge in [-0.3, -0.25) is 0 Å². The fourth-order valence-corrected chi connectivity index (χ4v) is 3.19. The Balaban J connectivity index is 1.84. The zero-order valence-electron chi connectivity index (χ0n) is 11.2. The van der Waals surface area contributed by atoms with Crippen LogP contribution in [0, 0.1) is 6.92 Å². The van der Waals surface area contributed by atoms with Crippen molar-refractivity contribution < 1.29 is 4.74 Å². The topological polar surface area (TPSA) is 21.3 Å². The van der Waals surface area contributed by atoms with E-state index in [-0.39, 0.29) is 0 Å². The number of anilines is 1. The fourth-order valence-electron chi connectivity index (χ4n) is 2.47. The molecule has 20 heavy (non-hydrogen) atoms. The number of halogens is 2. The van der Waals surface area contributed by atoms with Crippen LogP contribution in [0.5, 0.6) is 5.75 Å². The van der Waals surface area contributed by atoms with Crippen LogP contribution in [0.2, 0.25) is 5.02 Å². The Morgan fingerprint density at radius 1 is 1.35 bits per heavy atom. The van der Waals surface area contributed by atoms with Gasteiger partial charge in [-0.25, -0.2) is 0 Å². The number of hydrogen-bond donors (Lipinski definition) is 1. The van der Waals surface area contributed by atoms with Crippen molar-refractivity contribution in [3.8, 4) is 5.75 Å². The van der Waals surface area contributed by atoms with Crippen LogP contribution in [0.3, 0.4) is 0 Å². The highest BCUT2D eigenvalue weighted by Gasteiger charge is 2.17. The predicted octanol–water partition coefficient (Wildman–Crippen LogP) is 4.96. The van der Waals surface area contributed by atoms with Gasteiger partial charge < -0.3 is 10.1 Å². The Hall–Kier alpha value is -1.19. The number of benzene rings is 2. The van der Waals surface area contributed by atoms with Crippen LogP contribution in [0.1, 0.15) is 16.7 Å². The van der Waals surface area contributed by atoms with Crippen LogP contribution < -0.4 is 10.1 Å². The number of hydrogen-bond acceptors (Lipinski definition) is 2. The smallest absolute Gasteiger partial charge is 0.127 e. The molecule has 4 heteroatoms. The quantitative estimate of drug-likeness (QED) is 0.843. The molecule has 2 aromatic carbocycles. The van der Waals surface area contributed by atoms with Crippen LogP contribution in [-0.2, 0) is 13.0 Å². The summed E-state index contributed by atoms with van der Waals surface area (Å²) < 4.78 is 6.84. The molecular formula is C16H15BrClNO. The Bertz CT molecular complexity index is 657. The van der Waals surface area contributed by atoms with E-state index in [1.807, 2.05) is 25.1 Å². The molecule has 0 bridgehead atoms. The monoisotopic (exact) mass is 351 g/mol. The molecule has 3 rings (SSSR count). The molecule has 1 aliphatic heterocycles. The molecule has 0 unspecified atom stereocenters. The van der Waals surface area contributed by atoms with Gasteiger partial charge in [-0.15, -0.1) is 0 Å². The molecule has 0 saturated heterocycles. The first-order valence-electron chi connectivity index (χ1n) is 6.58. The van der Waals surface area contributed by atoms with Crippen molar-refractivity contribution in [1.29, 1.82) is 0 Å². The van der Waals surface area contributed by atoms with Gasteiger partial charge in [0.25, 0.3) is 0 Å². The second kappa shape index (κ2) is 5.66. The SMILES string of the molecule is Cc1c(Cl)cccc1NCc1cc(Br)cc2c1OCC2. The summed E-state index contributed by atoms with van der Waals surface area (Å²) in [6.07, 6.45) is 0.984. The standard InChI is InChI=1S/C16H15BrClNO/c1-10-14(18)3-2-4-15(10)19-9-12-8-13(17)7-11-5-6-20-16(11)12/h2-4,7-8,19H,5-6,9H2,1H3. The second-order valence-corrected chi connectivity index (χ2v) is 6.24. The summed E-state index contributed by atoms with van der Waals surface area (Å²) in [4.78, 5) is 0. The normalized spacial score (nSPS) is 12.9. The maximum Gasteiger partial charge on any atom is 0.127 e. The molecule has 1 N–H and O–H groups in total. The molecule has 0 aliphatic carbocycles. The third-order valence-electron chi connectivity index (χ3n) is 3.56. The van der Waals surface area contributed by atoms with Gasteiger partial charge in [0.15, 0.2) is 0 Å². The molecule has 0 saturated carbocycles. The molecule has 1 heterocycles. The van der Waals surface area contributed by atoms with Crippen molar-refractivity contribution in [1.82, 2.24) is 0 Å². The van der Waals surface area contributed by atoms with Crippen molar-refractivity contribution in [3.63, 3.8) is 0 Å². The van der Waals surface area contributed by atoms with Crippen LogP contribution in [0.25, 0.3) is 0 Å². The highest BCUT2D eigenvalue weighted by Crippen LogP contribution is 2.33. The zero-order valence-corrected chi connectivity index (χ0v) is 13.5. The summed E-state index contributed by atoms with van der Waals surface area (Å²) in [7, 11) is 0. The molecule has 0 amide bonds. The first kappa shape index (κ1) is 13.8. The Morgan fingerprint density at radius 3 is 3.05 bits per heavy atom. The van der Waals surface area contributed by atoms with Crippen LogP contribution in [-0.4, -0.2) is 6.61 Å². The molecule has 0 radical (unpaired) electrons. The van der Waals surface area contributed by atoms with Gasteiger partial charge >= 0.3 is 0 Å². The van der Waals surface area contributed by atoms with Crippen LogP contribution in [0.4, 0.5) is 5.69 Å². The third-order valence-corrected chi connectivity index (χ3v) is 4.43. The number of fused-ring (bicyclic) bond motifs is 1. The fraction of sp³-hybridized carbons (Fsp3) is 0.250. The van der Waals surface area contributed by atoms with E-state index in [4.69, 9.17) is 16.3 Å².